The van der Waals surface area contributed by atoms with Crippen LogP contribution in [0, 0.1) is 0 Å². The van der Waals surface area contributed by atoms with Gasteiger partial charge >= 0.3 is 0 Å². The minimum absolute atomic E-state index is 0.220. The summed E-state index contributed by atoms with van der Waals surface area (Å²) < 4.78 is 26.2. The highest BCUT2D eigenvalue weighted by atomic mass is 35.5. The summed E-state index contributed by atoms with van der Waals surface area (Å²) in [7, 11) is -3.67. The molecule has 2 aromatic rings. The molecule has 1 atom stereocenters. The van der Waals surface area contributed by atoms with Crippen molar-refractivity contribution in [2.75, 3.05) is 22.0 Å². The molecule has 1 amide bonds. The minimum Gasteiger partial charge on any atom is -0.310 e. The maximum Gasteiger partial charge on any atom is 0.250 e. The molecule has 138 valence electrons. The van der Waals surface area contributed by atoms with Crippen LogP contribution in [0.15, 0.2) is 48.5 Å². The lowest BCUT2D eigenvalue weighted by molar-refractivity contribution is -0.119. The molecule has 0 fully saturated rings. The average molecular weight is 393 g/mol. The van der Waals surface area contributed by atoms with Crippen molar-refractivity contribution in [3.63, 3.8) is 0 Å². The number of carbonyl (C=O) groups is 1. The van der Waals surface area contributed by atoms with Crippen LogP contribution in [0.2, 0.25) is 5.02 Å². The molecule has 2 aromatic carbocycles. The van der Waals surface area contributed by atoms with Gasteiger partial charge < -0.3 is 4.90 Å². The number of halogens is 1. The zero-order valence-electron chi connectivity index (χ0n) is 14.7. The van der Waals surface area contributed by atoms with Gasteiger partial charge in [-0.2, -0.15) is 0 Å². The van der Waals surface area contributed by atoms with Gasteiger partial charge in [0.2, 0.25) is 10.0 Å². The first kappa shape index (κ1) is 18.7. The van der Waals surface area contributed by atoms with Crippen LogP contribution in [0.4, 0.5) is 11.4 Å². The highest BCUT2D eigenvalue weighted by Gasteiger charge is 2.36. The van der Waals surface area contributed by atoms with Gasteiger partial charge in [0.15, 0.2) is 0 Å². The van der Waals surface area contributed by atoms with Crippen molar-refractivity contribution in [2.24, 2.45) is 0 Å². The average Bonchev–Trinajstić information content (AvgIpc) is 3.02. The van der Waals surface area contributed by atoms with Crippen molar-refractivity contribution in [1.29, 1.82) is 0 Å². The Morgan fingerprint density at radius 2 is 1.96 bits per heavy atom. The van der Waals surface area contributed by atoms with E-state index in [9.17, 15) is 13.2 Å². The Kier molecular flexibility index (Phi) is 5.25. The van der Waals surface area contributed by atoms with Crippen LogP contribution < -0.4 is 9.21 Å². The SMILES string of the molecule is CC[C@H](C(=O)N1CCc2ccccc21)N(c1cccc(Cl)c1)S(C)(=O)=O. The monoisotopic (exact) mass is 392 g/mol. The van der Waals surface area contributed by atoms with E-state index < -0.39 is 16.1 Å². The molecule has 26 heavy (non-hydrogen) atoms. The first-order valence-corrected chi connectivity index (χ1v) is 10.7. The number of para-hydroxylation sites is 1. The van der Waals surface area contributed by atoms with Crippen LogP contribution in [-0.2, 0) is 21.2 Å². The first-order chi connectivity index (χ1) is 12.3. The molecule has 0 aliphatic carbocycles. The molecule has 5 nitrogen and oxygen atoms in total. The molecule has 1 heterocycles. The van der Waals surface area contributed by atoms with E-state index in [1.165, 1.54) is 4.31 Å². The van der Waals surface area contributed by atoms with Crippen LogP contribution in [0.25, 0.3) is 0 Å². The van der Waals surface area contributed by atoms with E-state index in [1.807, 2.05) is 31.2 Å². The van der Waals surface area contributed by atoms with Gasteiger partial charge in [-0.25, -0.2) is 8.42 Å². The number of anilines is 2. The van der Waals surface area contributed by atoms with E-state index in [0.717, 1.165) is 23.9 Å². The van der Waals surface area contributed by atoms with E-state index >= 15 is 0 Å². The Morgan fingerprint density at radius 1 is 1.23 bits per heavy atom. The van der Waals surface area contributed by atoms with Crippen molar-refractivity contribution in [3.8, 4) is 0 Å². The Balaban J connectivity index is 2.01. The molecule has 1 aliphatic rings. The summed E-state index contributed by atoms with van der Waals surface area (Å²) in [4.78, 5) is 15.0. The van der Waals surface area contributed by atoms with Crippen molar-refractivity contribution in [3.05, 3.63) is 59.1 Å². The van der Waals surface area contributed by atoms with Gasteiger partial charge in [0.1, 0.15) is 6.04 Å². The number of sulfonamides is 1. The Hall–Kier alpha value is -2.05. The molecule has 0 saturated carbocycles. The fourth-order valence-corrected chi connectivity index (χ4v) is 4.79. The van der Waals surface area contributed by atoms with Crippen LogP contribution in [-0.4, -0.2) is 33.2 Å². The third-order valence-electron chi connectivity index (χ3n) is 4.53. The number of rotatable bonds is 5. The van der Waals surface area contributed by atoms with Crippen LogP contribution in [0.5, 0.6) is 0 Å². The van der Waals surface area contributed by atoms with Crippen molar-refractivity contribution in [2.45, 2.75) is 25.8 Å². The highest BCUT2D eigenvalue weighted by Crippen LogP contribution is 2.31. The van der Waals surface area contributed by atoms with Gasteiger partial charge in [-0.1, -0.05) is 42.8 Å². The Bertz CT molecular complexity index is 930. The number of benzene rings is 2. The smallest absolute Gasteiger partial charge is 0.250 e. The van der Waals surface area contributed by atoms with Crippen molar-refractivity contribution >= 4 is 38.9 Å². The summed E-state index contributed by atoms with van der Waals surface area (Å²) in [6.45, 7) is 2.37. The lowest BCUT2D eigenvalue weighted by Gasteiger charge is -2.33. The summed E-state index contributed by atoms with van der Waals surface area (Å²) in [6, 6.07) is 13.5. The van der Waals surface area contributed by atoms with Crippen molar-refractivity contribution < 1.29 is 13.2 Å². The molecular weight excluding hydrogens is 372 g/mol. The number of amides is 1. The molecule has 0 aromatic heterocycles. The van der Waals surface area contributed by atoms with Gasteiger partial charge in [0, 0.05) is 17.3 Å². The zero-order valence-corrected chi connectivity index (χ0v) is 16.3. The van der Waals surface area contributed by atoms with Crippen LogP contribution in [0.3, 0.4) is 0 Å². The number of carbonyl (C=O) groups excluding carboxylic acids is 1. The quantitative estimate of drug-likeness (QED) is 0.782. The third kappa shape index (κ3) is 3.57. The minimum atomic E-state index is -3.67. The zero-order chi connectivity index (χ0) is 18.9. The normalized spacial score (nSPS) is 14.8. The third-order valence-corrected chi connectivity index (χ3v) is 5.94. The van der Waals surface area contributed by atoms with Gasteiger partial charge in [-0.15, -0.1) is 0 Å². The molecule has 0 unspecified atom stereocenters. The van der Waals surface area contributed by atoms with Gasteiger partial charge in [-0.05, 0) is 42.7 Å². The van der Waals surface area contributed by atoms with E-state index in [4.69, 9.17) is 11.6 Å². The highest BCUT2D eigenvalue weighted by molar-refractivity contribution is 7.92. The first-order valence-electron chi connectivity index (χ1n) is 8.47. The lowest BCUT2D eigenvalue weighted by Crippen LogP contribution is -2.50. The fraction of sp³-hybridized carbons (Fsp3) is 0.316. The maximum absolute atomic E-state index is 13.3. The predicted molar refractivity (Wildman–Crippen MR) is 105 cm³/mol. The van der Waals surface area contributed by atoms with E-state index in [2.05, 4.69) is 0 Å². The topological polar surface area (TPSA) is 57.7 Å². The van der Waals surface area contributed by atoms with Crippen LogP contribution in [0.1, 0.15) is 18.9 Å². The predicted octanol–water partition coefficient (Wildman–Crippen LogP) is 3.47. The molecule has 0 N–H and O–H groups in total. The van der Waals surface area contributed by atoms with Crippen molar-refractivity contribution in [1.82, 2.24) is 0 Å². The van der Waals surface area contributed by atoms with E-state index in [0.29, 0.717) is 23.7 Å². The summed E-state index contributed by atoms with van der Waals surface area (Å²) >= 11 is 6.04. The molecule has 3 rings (SSSR count). The molecule has 1 aliphatic heterocycles. The molecule has 0 bridgehead atoms. The standard InChI is InChI=1S/C19H21ClN2O3S/c1-3-17(19(23)21-12-11-14-7-4-5-10-18(14)21)22(26(2,24)25)16-9-6-8-15(20)13-16/h4-10,13,17H,3,11-12H2,1-2H3/t17-/m1/s1. The molecular formula is C19H21ClN2O3S. The largest absolute Gasteiger partial charge is 0.310 e. The summed E-state index contributed by atoms with van der Waals surface area (Å²) in [5.74, 6) is -0.220. The van der Waals surface area contributed by atoms with E-state index in [-0.39, 0.29) is 5.91 Å². The summed E-state index contributed by atoms with van der Waals surface area (Å²) in [5.41, 5.74) is 2.35. The number of hydrogen-bond acceptors (Lipinski definition) is 3. The molecule has 7 heteroatoms. The molecule has 0 radical (unpaired) electrons. The van der Waals surface area contributed by atoms with Crippen LogP contribution >= 0.6 is 11.6 Å². The maximum atomic E-state index is 13.3. The second-order valence-corrected chi connectivity index (χ2v) is 8.63. The number of nitrogens with zero attached hydrogens (tertiary/aromatic N) is 2. The Morgan fingerprint density at radius 3 is 2.62 bits per heavy atom. The summed E-state index contributed by atoms with van der Waals surface area (Å²) in [6.07, 6.45) is 2.24. The van der Waals surface area contributed by atoms with Gasteiger partial charge in [-0.3, -0.25) is 9.10 Å². The number of fused-ring (bicyclic) bond motifs is 1. The molecule has 0 spiro atoms. The van der Waals surface area contributed by atoms with Gasteiger partial charge in [0.05, 0.1) is 11.9 Å². The number of hydrogen-bond donors (Lipinski definition) is 0. The molecule has 0 saturated heterocycles. The second kappa shape index (κ2) is 7.29. The van der Waals surface area contributed by atoms with Gasteiger partial charge in [0.25, 0.3) is 5.91 Å². The second-order valence-electron chi connectivity index (χ2n) is 6.33. The fourth-order valence-electron chi connectivity index (χ4n) is 3.40. The van der Waals surface area contributed by atoms with E-state index in [1.54, 1.807) is 29.2 Å². The summed E-state index contributed by atoms with van der Waals surface area (Å²) in [5, 5.41) is 0.421. The Labute approximate surface area is 159 Å². The lowest BCUT2D eigenvalue weighted by atomic mass is 10.1.